The first-order valence-corrected chi connectivity index (χ1v) is 46.1. The molecule has 0 aliphatic heterocycles. The van der Waals surface area contributed by atoms with Crippen LogP contribution in [0.25, 0.3) is 0 Å². The summed E-state index contributed by atoms with van der Waals surface area (Å²) < 4.78 is 39.3. The summed E-state index contributed by atoms with van der Waals surface area (Å²) in [4.78, 5) is 55.0. The zero-order valence-electron chi connectivity index (χ0n) is 71.4. The van der Waals surface area contributed by atoms with Gasteiger partial charge >= 0.3 is 12.1 Å². The summed E-state index contributed by atoms with van der Waals surface area (Å²) in [5, 5.41) is 5.52. The monoisotopic (exact) mass is 1540 g/mol. The van der Waals surface area contributed by atoms with E-state index in [0.717, 1.165) is 103 Å². The number of ether oxygens (including phenoxy) is 6. The molecular formula is C94H164N6O10. The number of hydrogen-bond donors (Lipinski definition) is 6. The van der Waals surface area contributed by atoms with Gasteiger partial charge in [-0.25, -0.2) is 20.4 Å². The summed E-state index contributed by atoms with van der Waals surface area (Å²) in [6, 6.07) is 11.9. The number of hydrogen-bond acceptors (Lipinski definition) is 10. The molecule has 3 rings (SSSR count). The van der Waals surface area contributed by atoms with E-state index in [2.05, 4.69) is 73.9 Å². The van der Waals surface area contributed by atoms with Crippen LogP contribution in [0.3, 0.4) is 0 Å². The van der Waals surface area contributed by atoms with Gasteiger partial charge in [-0.2, -0.15) is 0 Å². The largest absolute Gasteiger partial charge is 0.490 e. The van der Waals surface area contributed by atoms with Crippen molar-refractivity contribution in [3.63, 3.8) is 0 Å². The van der Waals surface area contributed by atoms with Crippen molar-refractivity contribution in [2.45, 2.75) is 427 Å². The van der Waals surface area contributed by atoms with Gasteiger partial charge in [0.2, 0.25) is 11.5 Å². The zero-order valence-corrected chi connectivity index (χ0v) is 71.4. The molecule has 0 radical (unpaired) electrons. The van der Waals surface area contributed by atoms with E-state index in [9.17, 15) is 19.2 Å². The normalized spacial score (nSPS) is 11.2. The lowest BCUT2D eigenvalue weighted by molar-refractivity contribution is 0.0930. The Morgan fingerprint density at radius 2 is 0.382 bits per heavy atom. The molecule has 3 aromatic carbocycles. The van der Waals surface area contributed by atoms with E-state index in [4.69, 9.17) is 28.4 Å². The van der Waals surface area contributed by atoms with E-state index < -0.39 is 23.9 Å². The number of benzene rings is 3. The van der Waals surface area contributed by atoms with Crippen molar-refractivity contribution in [2.24, 2.45) is 0 Å². The van der Waals surface area contributed by atoms with Crippen LogP contribution in [0.2, 0.25) is 0 Å². The van der Waals surface area contributed by atoms with E-state index in [1.54, 1.807) is 48.5 Å². The van der Waals surface area contributed by atoms with Gasteiger partial charge in [0.1, 0.15) is 0 Å². The maximum atomic E-state index is 14.1. The predicted molar refractivity (Wildman–Crippen MR) is 463 cm³/mol. The first-order valence-electron chi connectivity index (χ1n) is 46.1. The van der Waals surface area contributed by atoms with Crippen molar-refractivity contribution in [3.8, 4) is 34.5 Å². The van der Waals surface area contributed by atoms with Gasteiger partial charge in [-0.05, 0) is 87.1 Å². The van der Waals surface area contributed by atoms with Crippen molar-refractivity contribution in [1.29, 1.82) is 0 Å². The molecule has 630 valence electrons. The maximum absolute atomic E-state index is 14.1. The van der Waals surface area contributed by atoms with Gasteiger partial charge in [0.15, 0.2) is 23.0 Å². The molecule has 0 aliphatic carbocycles. The summed E-state index contributed by atoms with van der Waals surface area (Å²) in [7, 11) is 0. The maximum Gasteiger partial charge on any atom is 0.337 e. The number of carbonyl (C=O) groups excluding carboxylic acids is 4. The fraction of sp³-hybridized carbons (Fsp3) is 0.766. The van der Waals surface area contributed by atoms with Crippen LogP contribution in [0.15, 0.2) is 48.5 Å². The fourth-order valence-electron chi connectivity index (χ4n) is 14.1. The third kappa shape index (κ3) is 53.0. The van der Waals surface area contributed by atoms with Crippen molar-refractivity contribution >= 4 is 35.3 Å². The molecule has 6 N–H and O–H groups in total. The number of rotatable bonds is 76. The quantitative estimate of drug-likeness (QED) is 0.0234. The Bertz CT molecular complexity index is 2400. The minimum absolute atomic E-state index is 0.261. The van der Waals surface area contributed by atoms with E-state index in [1.807, 2.05) is 0 Å². The molecule has 110 heavy (non-hydrogen) atoms. The minimum Gasteiger partial charge on any atom is -0.490 e. The Morgan fingerprint density at radius 3 is 0.564 bits per heavy atom. The number of unbranched alkanes of at least 4 members (excludes halogenated alkanes) is 54. The Balaban J connectivity index is 1.73. The molecule has 0 bridgehead atoms. The molecule has 0 saturated heterocycles. The lowest BCUT2D eigenvalue weighted by atomic mass is 10.1. The second-order valence-corrected chi connectivity index (χ2v) is 31.4. The topological polar surface area (TPSA) is 196 Å². The van der Waals surface area contributed by atoms with Crippen LogP contribution in [-0.4, -0.2) is 63.5 Å². The molecule has 16 heteroatoms. The number of carbonyl (C=O) groups is 4. The molecule has 0 aliphatic rings. The number of hydrazine groups is 2. The van der Waals surface area contributed by atoms with Crippen LogP contribution in [0, 0.1) is 0 Å². The SMILES string of the molecule is CCCCCCCCCCCCOc1cc(C(=O)NNC(=O)Nc2ccc(NC(=O)NNC(=O)c3cc(OCCCCCCCCCCCC)c(OCCCCCCCCCCCC)c(OCCCCCCCCCCCC)c3)cc2)cc(OCCCCCCCCCCCC)c1OCCCCCCCCCCCC. The molecule has 0 fully saturated rings. The third-order valence-electron chi connectivity index (χ3n) is 21.1. The molecular weight excluding hydrogens is 1370 g/mol. The standard InChI is InChI=1S/C94H164N6O10/c1-7-13-19-25-31-37-43-49-55-61-71-105-85-77-81(78-86(106-72-62-56-50-44-38-32-26-20-14-8-2)89(85)109-75-65-59-53-47-41-35-29-23-17-11-5)91(101)97-99-93(103)95-83-67-69-84(70-68-83)96-94(104)100-98-92(102)82-79-87(107-73-63-57-51-45-39-33-27-21-15-9-3)90(110-76-66-60-54-48-42-36-30-24-18-12-6)88(80-82)108-74-64-58-52-46-40-34-28-22-16-10-4/h67-70,77-80H,7-66,71-76H2,1-6H3,(H,97,101)(H,98,102)(H2,95,99,103)(H2,96,100,104). The summed E-state index contributed by atoms with van der Waals surface area (Å²) >= 11 is 0. The van der Waals surface area contributed by atoms with Crippen molar-refractivity contribution in [1.82, 2.24) is 21.7 Å². The summed E-state index contributed by atoms with van der Waals surface area (Å²) in [6.07, 6.45) is 72.8. The van der Waals surface area contributed by atoms with Gasteiger partial charge in [-0.3, -0.25) is 20.4 Å². The van der Waals surface area contributed by atoms with Crippen LogP contribution in [0.1, 0.15) is 448 Å². The average molecular weight is 1540 g/mol. The Hall–Kier alpha value is -6.06. The van der Waals surface area contributed by atoms with Crippen molar-refractivity contribution < 1.29 is 47.6 Å². The van der Waals surface area contributed by atoms with E-state index in [-0.39, 0.29) is 11.1 Å². The molecule has 0 spiro atoms. The van der Waals surface area contributed by atoms with Crippen LogP contribution < -0.4 is 60.8 Å². The third-order valence-corrected chi connectivity index (χ3v) is 21.1. The van der Waals surface area contributed by atoms with Gasteiger partial charge in [0, 0.05) is 22.5 Å². The summed E-state index contributed by atoms with van der Waals surface area (Å²) in [5.41, 5.74) is 11.5. The van der Waals surface area contributed by atoms with E-state index in [1.165, 1.54) is 283 Å². The lowest BCUT2D eigenvalue weighted by Gasteiger charge is -2.19. The summed E-state index contributed by atoms with van der Waals surface area (Å²) in [6.45, 7) is 16.5. The van der Waals surface area contributed by atoms with E-state index >= 15 is 0 Å². The highest BCUT2D eigenvalue weighted by Crippen LogP contribution is 2.42. The van der Waals surface area contributed by atoms with Crippen LogP contribution >= 0.6 is 0 Å². The van der Waals surface area contributed by atoms with Crippen molar-refractivity contribution in [3.05, 3.63) is 59.7 Å². The van der Waals surface area contributed by atoms with E-state index in [0.29, 0.717) is 85.5 Å². The second kappa shape index (κ2) is 71.9. The highest BCUT2D eigenvalue weighted by Gasteiger charge is 2.23. The van der Waals surface area contributed by atoms with Gasteiger partial charge in [0.05, 0.1) is 39.6 Å². The molecule has 16 nitrogen and oxygen atoms in total. The highest BCUT2D eigenvalue weighted by molar-refractivity contribution is 5.99. The molecule has 6 amide bonds. The van der Waals surface area contributed by atoms with Crippen molar-refractivity contribution in [2.75, 3.05) is 50.3 Å². The molecule has 0 heterocycles. The van der Waals surface area contributed by atoms with Crippen LogP contribution in [0.5, 0.6) is 34.5 Å². The summed E-state index contributed by atoms with van der Waals surface area (Å²) in [5.74, 6) is 1.78. The number of anilines is 2. The number of urea groups is 2. The number of nitrogens with one attached hydrogen (secondary N) is 6. The first kappa shape index (κ1) is 98.1. The number of amides is 6. The minimum atomic E-state index is -0.681. The predicted octanol–water partition coefficient (Wildman–Crippen LogP) is 28.4. The lowest BCUT2D eigenvalue weighted by Crippen LogP contribution is -2.44. The molecule has 0 atom stereocenters. The highest BCUT2D eigenvalue weighted by atomic mass is 16.5. The Kier molecular flexibility index (Phi) is 64.2. The Labute approximate surface area is 672 Å². The fourth-order valence-corrected chi connectivity index (χ4v) is 14.1. The smallest absolute Gasteiger partial charge is 0.337 e. The first-order chi connectivity index (χ1) is 54.2. The Morgan fingerprint density at radius 1 is 0.218 bits per heavy atom. The zero-order chi connectivity index (χ0) is 78.9. The molecule has 0 saturated carbocycles. The second-order valence-electron chi connectivity index (χ2n) is 31.4. The van der Waals surface area contributed by atoms with Gasteiger partial charge in [-0.1, -0.05) is 388 Å². The molecule has 0 unspecified atom stereocenters. The van der Waals surface area contributed by atoms with Crippen LogP contribution in [0.4, 0.5) is 21.0 Å². The molecule has 0 aromatic heterocycles. The average Bonchev–Trinajstić information content (AvgIpc) is 0.821. The van der Waals surface area contributed by atoms with Crippen LogP contribution in [-0.2, 0) is 0 Å². The molecule has 3 aromatic rings. The van der Waals surface area contributed by atoms with Gasteiger partial charge < -0.3 is 39.1 Å². The van der Waals surface area contributed by atoms with Gasteiger partial charge in [-0.15, -0.1) is 0 Å². The van der Waals surface area contributed by atoms with Gasteiger partial charge in [0.25, 0.3) is 11.8 Å².